The van der Waals surface area contributed by atoms with Gasteiger partial charge >= 0.3 is 0 Å². The van der Waals surface area contributed by atoms with Crippen molar-refractivity contribution in [1.29, 1.82) is 0 Å². The first-order valence-corrected chi connectivity index (χ1v) is 6.31. The highest BCUT2D eigenvalue weighted by Crippen LogP contribution is 2.26. The van der Waals surface area contributed by atoms with E-state index in [9.17, 15) is 0 Å². The zero-order valence-electron chi connectivity index (χ0n) is 8.71. The van der Waals surface area contributed by atoms with Gasteiger partial charge in [-0.1, -0.05) is 11.6 Å². The fraction of sp³-hybridized carbons (Fsp3) is 0.455. The maximum atomic E-state index is 5.93. The van der Waals surface area contributed by atoms with Gasteiger partial charge in [-0.25, -0.2) is 0 Å². The van der Waals surface area contributed by atoms with Gasteiger partial charge in [0.15, 0.2) is 0 Å². The molecule has 0 radical (unpaired) electrons. The fourth-order valence-corrected chi connectivity index (χ4v) is 2.08. The molecule has 1 aliphatic rings. The molecule has 0 amide bonds. The molecule has 2 rings (SSSR count). The SMILES string of the molecule is Clc1ccc(Br)c(NCC2CCOCO2)c1. The van der Waals surface area contributed by atoms with E-state index in [1.165, 1.54) is 0 Å². The zero-order valence-corrected chi connectivity index (χ0v) is 11.1. The number of benzene rings is 1. The topological polar surface area (TPSA) is 30.5 Å². The number of hydrogen-bond acceptors (Lipinski definition) is 3. The van der Waals surface area contributed by atoms with E-state index >= 15 is 0 Å². The van der Waals surface area contributed by atoms with E-state index in [2.05, 4.69) is 21.2 Å². The van der Waals surface area contributed by atoms with Gasteiger partial charge in [-0.3, -0.25) is 0 Å². The molecular formula is C11H13BrClNO2. The van der Waals surface area contributed by atoms with Crippen molar-refractivity contribution in [2.75, 3.05) is 25.3 Å². The van der Waals surface area contributed by atoms with Crippen LogP contribution in [-0.2, 0) is 9.47 Å². The van der Waals surface area contributed by atoms with Gasteiger partial charge in [-0.15, -0.1) is 0 Å². The molecule has 1 aliphatic heterocycles. The second kappa shape index (κ2) is 5.87. The van der Waals surface area contributed by atoms with E-state index in [0.29, 0.717) is 6.79 Å². The zero-order chi connectivity index (χ0) is 11.4. The van der Waals surface area contributed by atoms with Gasteiger partial charge in [-0.05, 0) is 40.5 Å². The Morgan fingerprint density at radius 2 is 2.38 bits per heavy atom. The molecule has 1 aromatic rings. The highest BCUT2D eigenvalue weighted by Gasteiger charge is 2.14. The predicted octanol–water partition coefficient (Wildman–Crippen LogP) is 3.28. The molecule has 88 valence electrons. The lowest BCUT2D eigenvalue weighted by Gasteiger charge is -2.23. The Kier molecular flexibility index (Phi) is 4.46. The summed E-state index contributed by atoms with van der Waals surface area (Å²) in [5.74, 6) is 0. The van der Waals surface area contributed by atoms with Gasteiger partial charge in [0.2, 0.25) is 0 Å². The summed E-state index contributed by atoms with van der Waals surface area (Å²) >= 11 is 9.40. The summed E-state index contributed by atoms with van der Waals surface area (Å²) in [6, 6.07) is 5.67. The van der Waals surface area contributed by atoms with Crippen molar-refractivity contribution in [2.24, 2.45) is 0 Å². The number of anilines is 1. The van der Waals surface area contributed by atoms with Crippen LogP contribution in [0.3, 0.4) is 0 Å². The third kappa shape index (κ3) is 3.35. The average molecular weight is 307 g/mol. The Morgan fingerprint density at radius 1 is 1.50 bits per heavy atom. The Balaban J connectivity index is 1.90. The minimum atomic E-state index is 0.208. The summed E-state index contributed by atoms with van der Waals surface area (Å²) in [4.78, 5) is 0. The molecule has 1 fully saturated rings. The van der Waals surface area contributed by atoms with Gasteiger partial charge < -0.3 is 14.8 Å². The number of ether oxygens (including phenoxy) is 2. The van der Waals surface area contributed by atoms with Crippen LogP contribution in [0.2, 0.25) is 5.02 Å². The molecule has 1 N–H and O–H groups in total. The minimum absolute atomic E-state index is 0.208. The van der Waals surface area contributed by atoms with Gasteiger partial charge in [0.1, 0.15) is 6.79 Å². The quantitative estimate of drug-likeness (QED) is 0.929. The normalized spacial score (nSPS) is 20.8. The Bertz CT molecular complexity index is 356. The van der Waals surface area contributed by atoms with Crippen LogP contribution in [0, 0.1) is 0 Å². The van der Waals surface area contributed by atoms with Crippen molar-refractivity contribution in [3.8, 4) is 0 Å². The van der Waals surface area contributed by atoms with Gasteiger partial charge in [0.25, 0.3) is 0 Å². The van der Waals surface area contributed by atoms with E-state index in [0.717, 1.165) is 34.8 Å². The minimum Gasteiger partial charge on any atom is -0.381 e. The lowest BCUT2D eigenvalue weighted by atomic mass is 10.2. The molecule has 1 heterocycles. The van der Waals surface area contributed by atoms with Crippen molar-refractivity contribution in [3.05, 3.63) is 27.7 Å². The first-order valence-electron chi connectivity index (χ1n) is 5.14. The summed E-state index contributed by atoms with van der Waals surface area (Å²) in [7, 11) is 0. The van der Waals surface area contributed by atoms with E-state index in [1.807, 2.05) is 18.2 Å². The largest absolute Gasteiger partial charge is 0.381 e. The fourth-order valence-electron chi connectivity index (χ4n) is 1.52. The lowest BCUT2D eigenvalue weighted by Crippen LogP contribution is -2.30. The van der Waals surface area contributed by atoms with Crippen LogP contribution in [0.15, 0.2) is 22.7 Å². The van der Waals surface area contributed by atoms with Crippen LogP contribution >= 0.6 is 27.5 Å². The molecule has 1 unspecified atom stereocenters. The smallest absolute Gasteiger partial charge is 0.147 e. The third-order valence-corrected chi connectivity index (χ3v) is 3.35. The Morgan fingerprint density at radius 3 is 3.12 bits per heavy atom. The summed E-state index contributed by atoms with van der Waals surface area (Å²) < 4.78 is 11.6. The molecule has 0 aliphatic carbocycles. The van der Waals surface area contributed by atoms with Crippen molar-refractivity contribution >= 4 is 33.2 Å². The number of nitrogens with one attached hydrogen (secondary N) is 1. The van der Waals surface area contributed by atoms with E-state index in [-0.39, 0.29) is 6.10 Å². The first kappa shape index (κ1) is 12.2. The van der Waals surface area contributed by atoms with Crippen LogP contribution in [0.4, 0.5) is 5.69 Å². The molecule has 5 heteroatoms. The second-order valence-corrected chi connectivity index (χ2v) is 4.90. The first-order chi connectivity index (χ1) is 7.75. The van der Waals surface area contributed by atoms with Crippen molar-refractivity contribution < 1.29 is 9.47 Å². The monoisotopic (exact) mass is 305 g/mol. The summed E-state index contributed by atoms with van der Waals surface area (Å²) in [6.07, 6.45) is 1.13. The second-order valence-electron chi connectivity index (χ2n) is 3.61. The van der Waals surface area contributed by atoms with Crippen molar-refractivity contribution in [1.82, 2.24) is 0 Å². The van der Waals surface area contributed by atoms with Crippen LogP contribution in [0.5, 0.6) is 0 Å². The predicted molar refractivity (Wildman–Crippen MR) is 68.0 cm³/mol. The molecule has 1 atom stereocenters. The van der Waals surface area contributed by atoms with Crippen LogP contribution < -0.4 is 5.32 Å². The van der Waals surface area contributed by atoms with Crippen LogP contribution in [-0.4, -0.2) is 26.0 Å². The van der Waals surface area contributed by atoms with Crippen molar-refractivity contribution in [2.45, 2.75) is 12.5 Å². The molecule has 1 aromatic carbocycles. The summed E-state index contributed by atoms with van der Waals surface area (Å²) in [6.45, 7) is 1.93. The van der Waals surface area contributed by atoms with Gasteiger partial charge in [0.05, 0.1) is 12.7 Å². The standard InChI is InChI=1S/C11H13BrClNO2/c12-10-2-1-8(13)5-11(10)14-6-9-3-4-15-7-16-9/h1-2,5,9,14H,3-4,6-7H2. The lowest BCUT2D eigenvalue weighted by molar-refractivity contribution is -0.133. The van der Waals surface area contributed by atoms with E-state index < -0.39 is 0 Å². The Hall–Kier alpha value is -0.290. The number of rotatable bonds is 3. The average Bonchev–Trinajstić information content (AvgIpc) is 2.32. The molecule has 0 saturated carbocycles. The maximum Gasteiger partial charge on any atom is 0.147 e. The molecule has 3 nitrogen and oxygen atoms in total. The van der Waals surface area contributed by atoms with Crippen LogP contribution in [0.1, 0.15) is 6.42 Å². The maximum absolute atomic E-state index is 5.93. The highest BCUT2D eigenvalue weighted by molar-refractivity contribution is 9.10. The van der Waals surface area contributed by atoms with Crippen molar-refractivity contribution in [3.63, 3.8) is 0 Å². The third-order valence-electron chi connectivity index (χ3n) is 2.42. The molecule has 0 aromatic heterocycles. The molecule has 0 bridgehead atoms. The summed E-state index contributed by atoms with van der Waals surface area (Å²) in [5, 5.41) is 4.03. The molecule has 1 saturated heterocycles. The van der Waals surface area contributed by atoms with E-state index in [1.54, 1.807) is 0 Å². The van der Waals surface area contributed by atoms with Gasteiger partial charge in [-0.2, -0.15) is 0 Å². The molecular weight excluding hydrogens is 293 g/mol. The number of hydrogen-bond donors (Lipinski definition) is 1. The van der Waals surface area contributed by atoms with E-state index in [4.69, 9.17) is 21.1 Å². The number of halogens is 2. The highest BCUT2D eigenvalue weighted by atomic mass is 79.9. The summed E-state index contributed by atoms with van der Waals surface area (Å²) in [5.41, 5.74) is 0.989. The molecule has 16 heavy (non-hydrogen) atoms. The van der Waals surface area contributed by atoms with Gasteiger partial charge in [0, 0.05) is 21.7 Å². The Labute approximate surface area is 108 Å². The van der Waals surface area contributed by atoms with Crippen LogP contribution in [0.25, 0.3) is 0 Å². The molecule has 0 spiro atoms.